The van der Waals surface area contributed by atoms with Gasteiger partial charge in [0.05, 0.1) is 21.7 Å². The molecule has 0 amide bonds. The van der Waals surface area contributed by atoms with Gasteiger partial charge < -0.3 is 9.88 Å². The second-order valence-electron chi connectivity index (χ2n) is 9.28. The molecule has 1 saturated carbocycles. The van der Waals surface area contributed by atoms with Gasteiger partial charge in [-0.15, -0.1) is 0 Å². The molecule has 0 spiro atoms. The second-order valence-corrected chi connectivity index (χ2v) is 11.3. The average molecular weight is 376 g/mol. The van der Waals surface area contributed by atoms with E-state index in [1.165, 1.54) is 12.8 Å². The minimum Gasteiger partial charge on any atom is -0.328 e. The molecular weight excluding hydrogens is 346 g/mol. The minimum absolute atomic E-state index is 0.148. The molecule has 1 aromatic carbocycles. The van der Waals surface area contributed by atoms with Crippen molar-refractivity contribution in [2.45, 2.75) is 51.5 Å². The van der Waals surface area contributed by atoms with Crippen molar-refractivity contribution in [3.63, 3.8) is 0 Å². The van der Waals surface area contributed by atoms with Gasteiger partial charge in [-0.05, 0) is 48.3 Å². The van der Waals surface area contributed by atoms with Gasteiger partial charge in [0.2, 0.25) is 0 Å². The maximum atomic E-state index is 12.7. The molecule has 26 heavy (non-hydrogen) atoms. The van der Waals surface area contributed by atoms with Crippen LogP contribution in [0.3, 0.4) is 0 Å². The van der Waals surface area contributed by atoms with E-state index in [9.17, 15) is 8.42 Å². The summed E-state index contributed by atoms with van der Waals surface area (Å²) in [5.74, 6) is 2.29. The first kappa shape index (κ1) is 18.0. The van der Waals surface area contributed by atoms with Crippen LogP contribution in [-0.4, -0.2) is 36.8 Å². The summed E-state index contributed by atoms with van der Waals surface area (Å²) in [4.78, 5) is 5.26. The molecule has 0 atom stereocenters. The molecule has 4 rings (SSSR count). The molecule has 1 aliphatic heterocycles. The standard InChI is InChI=1S/C20H29N3O2S/c1-20(2,3)9-19-22-17-8-16(26(24,25)13-15-10-21-11-15)6-7-18(17)23(19)12-14-4-5-14/h6-8,14-15,21H,4-5,9-13H2,1-3H3. The number of aromatic nitrogens is 2. The van der Waals surface area contributed by atoms with E-state index in [1.54, 1.807) is 12.1 Å². The van der Waals surface area contributed by atoms with Gasteiger partial charge in [0.25, 0.3) is 0 Å². The van der Waals surface area contributed by atoms with Crippen LogP contribution in [0.15, 0.2) is 23.1 Å². The zero-order valence-corrected chi connectivity index (χ0v) is 16.8. The quantitative estimate of drug-likeness (QED) is 0.843. The van der Waals surface area contributed by atoms with Crippen LogP contribution in [0, 0.1) is 17.3 Å². The molecule has 0 bridgehead atoms. The van der Waals surface area contributed by atoms with Crippen molar-refractivity contribution in [1.29, 1.82) is 0 Å². The normalized spacial score (nSPS) is 19.0. The first-order chi connectivity index (χ1) is 12.2. The fourth-order valence-corrected chi connectivity index (χ4v) is 5.21. The van der Waals surface area contributed by atoms with Crippen LogP contribution in [0.5, 0.6) is 0 Å². The van der Waals surface area contributed by atoms with Crippen LogP contribution >= 0.6 is 0 Å². The molecule has 2 fully saturated rings. The Kier molecular flexibility index (Phi) is 4.39. The van der Waals surface area contributed by atoms with Crippen molar-refractivity contribution in [1.82, 2.24) is 14.9 Å². The van der Waals surface area contributed by atoms with E-state index < -0.39 is 9.84 Å². The molecule has 1 aliphatic carbocycles. The van der Waals surface area contributed by atoms with Crippen LogP contribution in [-0.2, 0) is 22.8 Å². The van der Waals surface area contributed by atoms with Gasteiger partial charge in [-0.3, -0.25) is 0 Å². The highest BCUT2D eigenvalue weighted by Gasteiger charge is 2.28. The predicted molar refractivity (Wildman–Crippen MR) is 104 cm³/mol. The summed E-state index contributed by atoms with van der Waals surface area (Å²) in [5, 5.41) is 3.14. The number of imidazole rings is 1. The maximum Gasteiger partial charge on any atom is 0.178 e. The van der Waals surface area contributed by atoms with Gasteiger partial charge in [0, 0.05) is 26.1 Å². The summed E-state index contributed by atoms with van der Waals surface area (Å²) in [6.07, 6.45) is 3.47. The zero-order valence-electron chi connectivity index (χ0n) is 16.0. The van der Waals surface area contributed by atoms with E-state index in [0.29, 0.717) is 4.90 Å². The summed E-state index contributed by atoms with van der Waals surface area (Å²) in [7, 11) is -3.25. The predicted octanol–water partition coefficient (Wildman–Crippen LogP) is 3.03. The van der Waals surface area contributed by atoms with E-state index in [1.807, 2.05) is 6.07 Å². The van der Waals surface area contributed by atoms with Gasteiger partial charge in [-0.25, -0.2) is 13.4 Å². The van der Waals surface area contributed by atoms with E-state index >= 15 is 0 Å². The lowest BCUT2D eigenvalue weighted by Gasteiger charge is -2.26. The number of nitrogens with one attached hydrogen (secondary N) is 1. The largest absolute Gasteiger partial charge is 0.328 e. The number of benzene rings is 1. The van der Waals surface area contributed by atoms with Crippen LogP contribution in [0.2, 0.25) is 0 Å². The SMILES string of the molecule is CC(C)(C)Cc1nc2cc(S(=O)(=O)CC3CNC3)ccc2n1CC1CC1. The lowest BCUT2D eigenvalue weighted by molar-refractivity contribution is 0.378. The molecule has 0 unspecified atom stereocenters. The fourth-order valence-electron chi connectivity index (χ4n) is 3.60. The molecule has 1 N–H and O–H groups in total. The van der Waals surface area contributed by atoms with E-state index in [0.717, 1.165) is 48.8 Å². The highest BCUT2D eigenvalue weighted by Crippen LogP contribution is 2.34. The highest BCUT2D eigenvalue weighted by molar-refractivity contribution is 7.91. The van der Waals surface area contributed by atoms with Crippen molar-refractivity contribution in [3.8, 4) is 0 Å². The summed E-state index contributed by atoms with van der Waals surface area (Å²) < 4.78 is 27.8. The molecule has 1 aromatic heterocycles. The fraction of sp³-hybridized carbons (Fsp3) is 0.650. The van der Waals surface area contributed by atoms with Crippen molar-refractivity contribution in [2.75, 3.05) is 18.8 Å². The second kappa shape index (κ2) is 6.34. The zero-order chi connectivity index (χ0) is 18.5. The van der Waals surface area contributed by atoms with Crippen molar-refractivity contribution < 1.29 is 8.42 Å². The number of nitrogens with zero attached hydrogens (tertiary/aromatic N) is 2. The molecule has 6 heteroatoms. The molecule has 142 valence electrons. The monoisotopic (exact) mass is 375 g/mol. The summed E-state index contributed by atoms with van der Waals surface area (Å²) in [5.41, 5.74) is 2.03. The molecular formula is C20H29N3O2S. The Hall–Kier alpha value is -1.40. The Morgan fingerprint density at radius 2 is 1.92 bits per heavy atom. The average Bonchev–Trinajstić information content (AvgIpc) is 3.25. The number of sulfone groups is 1. The Morgan fingerprint density at radius 1 is 1.19 bits per heavy atom. The molecule has 2 aromatic rings. The van der Waals surface area contributed by atoms with Crippen molar-refractivity contribution >= 4 is 20.9 Å². The lowest BCUT2D eigenvalue weighted by Crippen LogP contribution is -2.45. The summed E-state index contributed by atoms with van der Waals surface area (Å²) in [6, 6.07) is 5.52. The molecule has 0 radical (unpaired) electrons. The molecule has 2 heterocycles. The third-order valence-electron chi connectivity index (χ3n) is 5.31. The Bertz CT molecular complexity index is 916. The number of rotatable bonds is 6. The van der Waals surface area contributed by atoms with Gasteiger partial charge in [-0.2, -0.15) is 0 Å². The topological polar surface area (TPSA) is 64.0 Å². The highest BCUT2D eigenvalue weighted by atomic mass is 32.2. The summed E-state index contributed by atoms with van der Waals surface area (Å²) in [6.45, 7) is 9.26. The van der Waals surface area contributed by atoms with E-state index in [4.69, 9.17) is 4.98 Å². The van der Waals surface area contributed by atoms with Crippen molar-refractivity contribution in [3.05, 3.63) is 24.0 Å². The van der Waals surface area contributed by atoms with E-state index in [-0.39, 0.29) is 17.1 Å². The number of hydrogen-bond acceptors (Lipinski definition) is 4. The van der Waals surface area contributed by atoms with Gasteiger partial charge in [0.15, 0.2) is 9.84 Å². The maximum absolute atomic E-state index is 12.7. The first-order valence-electron chi connectivity index (χ1n) is 9.64. The lowest BCUT2D eigenvalue weighted by atomic mass is 9.92. The third-order valence-corrected chi connectivity index (χ3v) is 7.19. The van der Waals surface area contributed by atoms with Gasteiger partial charge >= 0.3 is 0 Å². The molecule has 1 saturated heterocycles. The minimum atomic E-state index is -3.25. The van der Waals surface area contributed by atoms with Crippen LogP contribution in [0.4, 0.5) is 0 Å². The number of fused-ring (bicyclic) bond motifs is 1. The first-order valence-corrected chi connectivity index (χ1v) is 11.3. The van der Waals surface area contributed by atoms with Crippen LogP contribution in [0.25, 0.3) is 11.0 Å². The van der Waals surface area contributed by atoms with E-state index in [2.05, 4.69) is 30.7 Å². The van der Waals surface area contributed by atoms with Gasteiger partial charge in [0.1, 0.15) is 5.82 Å². The Balaban J connectivity index is 1.70. The molecule has 2 aliphatic rings. The van der Waals surface area contributed by atoms with Gasteiger partial charge in [-0.1, -0.05) is 20.8 Å². The molecule has 5 nitrogen and oxygen atoms in total. The third kappa shape index (κ3) is 3.81. The Morgan fingerprint density at radius 3 is 2.50 bits per heavy atom. The van der Waals surface area contributed by atoms with Crippen LogP contribution < -0.4 is 5.32 Å². The van der Waals surface area contributed by atoms with Crippen molar-refractivity contribution in [2.24, 2.45) is 17.3 Å². The smallest absolute Gasteiger partial charge is 0.178 e. The number of hydrogen-bond donors (Lipinski definition) is 1. The van der Waals surface area contributed by atoms with Crippen LogP contribution in [0.1, 0.15) is 39.4 Å². The summed E-state index contributed by atoms with van der Waals surface area (Å²) >= 11 is 0. The Labute approximate surface area is 156 Å².